The molecule has 0 fully saturated rings. The van der Waals surface area contributed by atoms with E-state index in [1.54, 1.807) is 6.92 Å². The van der Waals surface area contributed by atoms with Crippen LogP contribution in [0.2, 0.25) is 0 Å². The highest BCUT2D eigenvalue weighted by molar-refractivity contribution is 5.62. The Morgan fingerprint density at radius 3 is 1.52 bits per heavy atom. The normalized spacial score (nSPS) is 13.2. The topological polar surface area (TPSA) is 77.8 Å². The second-order valence-corrected chi connectivity index (χ2v) is 5.80. The maximum absolute atomic E-state index is 9.40. The fraction of sp³-hybridized carbons (Fsp3) is 0.941. The van der Waals surface area contributed by atoms with E-state index in [9.17, 15) is 5.11 Å². The van der Waals surface area contributed by atoms with Gasteiger partial charge in [-0.2, -0.15) is 0 Å². The minimum Gasteiger partial charge on any atom is -0.481 e. The molecule has 0 heterocycles. The number of aliphatic hydroxyl groups excluding tert-OH is 2. The van der Waals surface area contributed by atoms with Crippen molar-refractivity contribution in [1.82, 2.24) is 0 Å². The molecule has 2 unspecified atom stereocenters. The molecule has 0 bridgehead atoms. The average molecular weight is 304 g/mol. The fourth-order valence-electron chi connectivity index (χ4n) is 2.08. The molecule has 128 valence electrons. The van der Waals surface area contributed by atoms with Gasteiger partial charge in [0.2, 0.25) is 0 Å². The maximum atomic E-state index is 9.40. The number of carboxylic acid groups (broad SMARTS) is 1. The summed E-state index contributed by atoms with van der Waals surface area (Å²) in [7, 11) is 0. The zero-order valence-corrected chi connectivity index (χ0v) is 14.2. The molecular formula is C17H36O4. The van der Waals surface area contributed by atoms with E-state index in [0.29, 0.717) is 0 Å². The SMILES string of the molecule is CC(=O)O.CCCCCCCCCCCCC(O)C(C)O. The largest absolute Gasteiger partial charge is 0.481 e. The lowest BCUT2D eigenvalue weighted by Crippen LogP contribution is -2.21. The number of carbonyl (C=O) groups is 1. The Labute approximate surface area is 130 Å². The molecule has 0 aliphatic rings. The van der Waals surface area contributed by atoms with Crippen LogP contribution >= 0.6 is 0 Å². The lowest BCUT2D eigenvalue weighted by Gasteiger charge is -2.12. The highest BCUT2D eigenvalue weighted by Gasteiger charge is 2.09. The molecule has 0 aliphatic carbocycles. The third kappa shape index (κ3) is 24.8. The summed E-state index contributed by atoms with van der Waals surface area (Å²) in [4.78, 5) is 9.00. The highest BCUT2D eigenvalue weighted by Crippen LogP contribution is 2.12. The van der Waals surface area contributed by atoms with Gasteiger partial charge in [0.25, 0.3) is 5.97 Å². The van der Waals surface area contributed by atoms with E-state index < -0.39 is 18.2 Å². The molecular weight excluding hydrogens is 268 g/mol. The smallest absolute Gasteiger partial charge is 0.300 e. The maximum Gasteiger partial charge on any atom is 0.300 e. The van der Waals surface area contributed by atoms with Crippen molar-refractivity contribution in [2.75, 3.05) is 0 Å². The van der Waals surface area contributed by atoms with Gasteiger partial charge in [-0.3, -0.25) is 4.79 Å². The van der Waals surface area contributed by atoms with Crippen LogP contribution in [0.3, 0.4) is 0 Å². The number of hydrogen-bond acceptors (Lipinski definition) is 3. The lowest BCUT2D eigenvalue weighted by atomic mass is 10.0. The van der Waals surface area contributed by atoms with Crippen LogP contribution in [0, 0.1) is 0 Å². The first-order chi connectivity index (χ1) is 9.91. The first-order valence-corrected chi connectivity index (χ1v) is 8.47. The van der Waals surface area contributed by atoms with Crippen LogP contribution in [0.25, 0.3) is 0 Å². The molecule has 0 radical (unpaired) electrons. The van der Waals surface area contributed by atoms with Gasteiger partial charge in [-0.15, -0.1) is 0 Å². The monoisotopic (exact) mass is 304 g/mol. The van der Waals surface area contributed by atoms with Gasteiger partial charge in [-0.1, -0.05) is 71.1 Å². The molecule has 0 spiro atoms. The zero-order chi connectivity index (χ0) is 16.5. The fourth-order valence-corrected chi connectivity index (χ4v) is 2.08. The number of hydrogen-bond donors (Lipinski definition) is 3. The molecule has 21 heavy (non-hydrogen) atoms. The van der Waals surface area contributed by atoms with Crippen LogP contribution in [0.1, 0.15) is 91.4 Å². The molecule has 4 nitrogen and oxygen atoms in total. The third-order valence-electron chi connectivity index (χ3n) is 3.41. The third-order valence-corrected chi connectivity index (χ3v) is 3.41. The zero-order valence-electron chi connectivity index (χ0n) is 14.2. The molecule has 0 aliphatic heterocycles. The second kappa shape index (κ2) is 17.4. The molecule has 0 aromatic rings. The Balaban J connectivity index is 0. The van der Waals surface area contributed by atoms with E-state index in [2.05, 4.69) is 6.92 Å². The Bertz CT molecular complexity index is 213. The first-order valence-electron chi connectivity index (χ1n) is 8.47. The van der Waals surface area contributed by atoms with E-state index in [1.807, 2.05) is 0 Å². The predicted octanol–water partition coefficient (Wildman–Crippen LogP) is 4.13. The average Bonchev–Trinajstić information content (AvgIpc) is 2.40. The number of rotatable bonds is 12. The quantitative estimate of drug-likeness (QED) is 0.474. The van der Waals surface area contributed by atoms with Crippen molar-refractivity contribution in [1.29, 1.82) is 0 Å². The van der Waals surface area contributed by atoms with E-state index in [-0.39, 0.29) is 0 Å². The minimum atomic E-state index is -0.833. The Morgan fingerprint density at radius 1 is 0.857 bits per heavy atom. The summed E-state index contributed by atoms with van der Waals surface area (Å²) in [5, 5.41) is 25.9. The Morgan fingerprint density at radius 2 is 1.19 bits per heavy atom. The van der Waals surface area contributed by atoms with Crippen LogP contribution in [-0.4, -0.2) is 33.5 Å². The summed E-state index contributed by atoms with van der Waals surface area (Å²) in [5.41, 5.74) is 0. The predicted molar refractivity (Wildman–Crippen MR) is 87.5 cm³/mol. The molecule has 0 saturated carbocycles. The van der Waals surface area contributed by atoms with Gasteiger partial charge < -0.3 is 15.3 Å². The van der Waals surface area contributed by atoms with E-state index in [0.717, 1.165) is 19.8 Å². The van der Waals surface area contributed by atoms with Gasteiger partial charge in [-0.05, 0) is 13.3 Å². The van der Waals surface area contributed by atoms with Crippen molar-refractivity contribution < 1.29 is 20.1 Å². The van der Waals surface area contributed by atoms with Crippen LogP contribution in [0.4, 0.5) is 0 Å². The van der Waals surface area contributed by atoms with Crippen molar-refractivity contribution >= 4 is 5.97 Å². The van der Waals surface area contributed by atoms with E-state index in [1.165, 1.54) is 57.8 Å². The van der Waals surface area contributed by atoms with Crippen molar-refractivity contribution in [2.45, 2.75) is 104 Å². The van der Waals surface area contributed by atoms with Crippen molar-refractivity contribution in [3.8, 4) is 0 Å². The molecule has 0 rings (SSSR count). The Kier molecular flexibility index (Phi) is 18.8. The number of carboxylic acids is 1. The minimum absolute atomic E-state index is 0.524. The van der Waals surface area contributed by atoms with Gasteiger partial charge in [0, 0.05) is 6.92 Å². The molecule has 4 heteroatoms. The summed E-state index contributed by atoms with van der Waals surface area (Å²) < 4.78 is 0. The van der Waals surface area contributed by atoms with Gasteiger partial charge in [0.15, 0.2) is 0 Å². The van der Waals surface area contributed by atoms with E-state index >= 15 is 0 Å². The summed E-state index contributed by atoms with van der Waals surface area (Å²) in [6.07, 6.45) is 12.7. The van der Waals surface area contributed by atoms with Gasteiger partial charge in [0.1, 0.15) is 0 Å². The second-order valence-electron chi connectivity index (χ2n) is 5.80. The molecule has 0 aromatic carbocycles. The van der Waals surface area contributed by atoms with Gasteiger partial charge >= 0.3 is 0 Å². The standard InChI is InChI=1S/C15H32O2.C2H4O2/c1-3-4-5-6-7-8-9-10-11-12-13-15(17)14(2)16;1-2(3)4/h14-17H,3-13H2,1-2H3;1H3,(H,3,4). The summed E-state index contributed by atoms with van der Waals surface area (Å²) in [5.74, 6) is -0.833. The van der Waals surface area contributed by atoms with Gasteiger partial charge in [0.05, 0.1) is 12.2 Å². The van der Waals surface area contributed by atoms with Crippen LogP contribution in [0.15, 0.2) is 0 Å². The van der Waals surface area contributed by atoms with Crippen LogP contribution in [0.5, 0.6) is 0 Å². The first kappa shape index (κ1) is 22.7. The summed E-state index contributed by atoms with van der Waals surface area (Å²) in [6, 6.07) is 0. The van der Waals surface area contributed by atoms with Crippen LogP contribution < -0.4 is 0 Å². The molecule has 0 aromatic heterocycles. The summed E-state index contributed by atoms with van der Waals surface area (Å²) in [6.45, 7) is 4.99. The molecule has 3 N–H and O–H groups in total. The van der Waals surface area contributed by atoms with Crippen molar-refractivity contribution in [3.05, 3.63) is 0 Å². The van der Waals surface area contributed by atoms with Gasteiger partial charge in [-0.25, -0.2) is 0 Å². The van der Waals surface area contributed by atoms with Crippen molar-refractivity contribution in [2.24, 2.45) is 0 Å². The van der Waals surface area contributed by atoms with Crippen LogP contribution in [-0.2, 0) is 4.79 Å². The molecule has 2 atom stereocenters. The summed E-state index contributed by atoms with van der Waals surface area (Å²) >= 11 is 0. The number of aliphatic hydroxyl groups is 2. The van der Waals surface area contributed by atoms with Crippen molar-refractivity contribution in [3.63, 3.8) is 0 Å². The molecule has 0 amide bonds. The number of unbranched alkanes of at least 4 members (excludes halogenated alkanes) is 9. The highest BCUT2D eigenvalue weighted by atomic mass is 16.4. The molecule has 0 saturated heterocycles. The van der Waals surface area contributed by atoms with E-state index in [4.69, 9.17) is 15.0 Å². The lowest BCUT2D eigenvalue weighted by molar-refractivity contribution is -0.134. The Hall–Kier alpha value is -0.610. The number of aliphatic carboxylic acids is 1.